The molecule has 0 spiro atoms. The fourth-order valence-electron chi connectivity index (χ4n) is 2.41. The Morgan fingerprint density at radius 2 is 1.75 bits per heavy atom. The van der Waals surface area contributed by atoms with Crippen molar-refractivity contribution in [2.75, 3.05) is 5.73 Å². The maximum Gasteiger partial charge on any atom is 0.227 e. The molecule has 1 heterocycles. The molecule has 0 aliphatic heterocycles. The summed E-state index contributed by atoms with van der Waals surface area (Å²) < 4.78 is 5.88. The van der Waals surface area contributed by atoms with Crippen LogP contribution >= 0.6 is 0 Å². The van der Waals surface area contributed by atoms with Crippen LogP contribution in [-0.2, 0) is 5.41 Å². The van der Waals surface area contributed by atoms with Gasteiger partial charge in [0.2, 0.25) is 5.89 Å². The Labute approximate surface area is 118 Å². The van der Waals surface area contributed by atoms with Crippen molar-refractivity contribution in [3.63, 3.8) is 0 Å². The van der Waals surface area contributed by atoms with Crippen LogP contribution in [0.5, 0.6) is 0 Å². The summed E-state index contributed by atoms with van der Waals surface area (Å²) in [5, 5.41) is 0. The number of benzene rings is 2. The fraction of sp³-hybridized carbons (Fsp3) is 0.235. The van der Waals surface area contributed by atoms with E-state index in [0.717, 1.165) is 16.7 Å². The molecule has 2 aromatic carbocycles. The smallest absolute Gasteiger partial charge is 0.227 e. The molecule has 3 nitrogen and oxygen atoms in total. The molecule has 0 atom stereocenters. The fourth-order valence-corrected chi connectivity index (χ4v) is 2.41. The summed E-state index contributed by atoms with van der Waals surface area (Å²) in [5.41, 5.74) is 10.3. The van der Waals surface area contributed by atoms with Gasteiger partial charge in [0.05, 0.1) is 5.69 Å². The van der Waals surface area contributed by atoms with Gasteiger partial charge in [0, 0.05) is 5.56 Å². The highest BCUT2D eigenvalue weighted by Gasteiger charge is 2.21. The first-order valence-corrected chi connectivity index (χ1v) is 6.72. The molecule has 0 fully saturated rings. The van der Waals surface area contributed by atoms with Gasteiger partial charge < -0.3 is 10.2 Å². The van der Waals surface area contributed by atoms with Gasteiger partial charge in [-0.2, -0.15) is 0 Å². The number of oxazole rings is 1. The number of para-hydroxylation sites is 1. The lowest BCUT2D eigenvalue weighted by atomic mass is 9.84. The third-order valence-electron chi connectivity index (χ3n) is 3.42. The van der Waals surface area contributed by atoms with Crippen LogP contribution in [0.4, 0.5) is 5.69 Å². The van der Waals surface area contributed by atoms with Crippen LogP contribution in [0.3, 0.4) is 0 Å². The van der Waals surface area contributed by atoms with Gasteiger partial charge >= 0.3 is 0 Å². The van der Waals surface area contributed by atoms with E-state index in [0.29, 0.717) is 11.6 Å². The third-order valence-corrected chi connectivity index (χ3v) is 3.42. The molecule has 0 radical (unpaired) electrons. The van der Waals surface area contributed by atoms with Crippen molar-refractivity contribution in [3.05, 3.63) is 48.0 Å². The molecule has 0 aliphatic rings. The zero-order valence-corrected chi connectivity index (χ0v) is 12.0. The molecule has 3 heteroatoms. The Morgan fingerprint density at radius 3 is 2.45 bits per heavy atom. The van der Waals surface area contributed by atoms with E-state index in [1.807, 2.05) is 36.4 Å². The largest absolute Gasteiger partial charge is 0.436 e. The lowest BCUT2D eigenvalue weighted by molar-refractivity contribution is 0.579. The molecule has 0 saturated carbocycles. The van der Waals surface area contributed by atoms with Crippen molar-refractivity contribution in [3.8, 4) is 11.5 Å². The van der Waals surface area contributed by atoms with Crippen LogP contribution < -0.4 is 5.73 Å². The predicted molar refractivity (Wildman–Crippen MR) is 82.6 cm³/mol. The number of aromatic nitrogens is 1. The van der Waals surface area contributed by atoms with Crippen LogP contribution in [0, 0.1) is 0 Å². The first-order chi connectivity index (χ1) is 9.47. The minimum atomic E-state index is 0.0305. The average molecular weight is 266 g/mol. The highest BCUT2D eigenvalue weighted by atomic mass is 16.3. The molecule has 0 unspecified atom stereocenters. The quantitative estimate of drug-likeness (QED) is 0.665. The summed E-state index contributed by atoms with van der Waals surface area (Å²) in [6, 6.07) is 13.8. The molecular formula is C17H18N2O. The Hall–Kier alpha value is -2.29. The van der Waals surface area contributed by atoms with Gasteiger partial charge in [-0.05, 0) is 29.2 Å². The zero-order valence-electron chi connectivity index (χ0n) is 12.0. The zero-order chi connectivity index (χ0) is 14.3. The van der Waals surface area contributed by atoms with Gasteiger partial charge in [0.1, 0.15) is 5.52 Å². The van der Waals surface area contributed by atoms with Gasteiger partial charge in [-0.25, -0.2) is 4.98 Å². The molecule has 3 rings (SSSR count). The number of nitrogens with zero attached hydrogens (tertiary/aromatic N) is 1. The first kappa shape index (κ1) is 12.7. The van der Waals surface area contributed by atoms with Gasteiger partial charge in [0.25, 0.3) is 0 Å². The van der Waals surface area contributed by atoms with Crippen LogP contribution in [0.15, 0.2) is 46.9 Å². The monoisotopic (exact) mass is 266 g/mol. The standard InChI is InChI=1S/C17H18N2O/c1-17(2,3)12-8-5-4-7-11(12)16-19-15-13(18)9-6-10-14(15)20-16/h4-10H,18H2,1-3H3. The van der Waals surface area contributed by atoms with E-state index in [1.165, 1.54) is 5.56 Å². The lowest BCUT2D eigenvalue weighted by Crippen LogP contribution is -2.12. The average Bonchev–Trinajstić information content (AvgIpc) is 2.83. The summed E-state index contributed by atoms with van der Waals surface area (Å²) in [7, 11) is 0. The summed E-state index contributed by atoms with van der Waals surface area (Å²) in [6.45, 7) is 6.55. The Morgan fingerprint density at radius 1 is 1.00 bits per heavy atom. The summed E-state index contributed by atoms with van der Waals surface area (Å²) in [5.74, 6) is 0.628. The second-order valence-corrected chi connectivity index (χ2v) is 6.01. The second kappa shape index (κ2) is 4.37. The number of hydrogen-bond donors (Lipinski definition) is 1. The van der Waals surface area contributed by atoms with Crippen LogP contribution in [-0.4, -0.2) is 4.98 Å². The number of rotatable bonds is 1. The molecule has 1 aromatic heterocycles. The number of hydrogen-bond acceptors (Lipinski definition) is 3. The second-order valence-electron chi connectivity index (χ2n) is 6.01. The van der Waals surface area contributed by atoms with Crippen molar-refractivity contribution in [2.45, 2.75) is 26.2 Å². The summed E-state index contributed by atoms with van der Waals surface area (Å²) >= 11 is 0. The maximum atomic E-state index is 5.95. The van der Waals surface area contributed by atoms with Crippen molar-refractivity contribution >= 4 is 16.8 Å². The Bertz CT molecular complexity index is 766. The topological polar surface area (TPSA) is 52.0 Å². The third kappa shape index (κ3) is 2.05. The van der Waals surface area contributed by atoms with E-state index in [9.17, 15) is 0 Å². The molecule has 102 valence electrons. The lowest BCUT2D eigenvalue weighted by Gasteiger charge is -2.21. The van der Waals surface area contributed by atoms with Crippen molar-refractivity contribution < 1.29 is 4.42 Å². The van der Waals surface area contributed by atoms with Crippen molar-refractivity contribution in [1.29, 1.82) is 0 Å². The van der Waals surface area contributed by atoms with Crippen LogP contribution in [0.2, 0.25) is 0 Å². The van der Waals surface area contributed by atoms with Crippen LogP contribution in [0.25, 0.3) is 22.6 Å². The predicted octanol–water partition coefficient (Wildman–Crippen LogP) is 4.37. The van der Waals surface area contributed by atoms with Gasteiger partial charge in [-0.3, -0.25) is 0 Å². The number of nitrogens with two attached hydrogens (primary N) is 1. The Kier molecular flexibility index (Phi) is 2.78. The van der Waals surface area contributed by atoms with Crippen molar-refractivity contribution in [1.82, 2.24) is 4.98 Å². The minimum Gasteiger partial charge on any atom is -0.436 e. The van der Waals surface area contributed by atoms with E-state index >= 15 is 0 Å². The van der Waals surface area contributed by atoms with E-state index in [-0.39, 0.29) is 5.41 Å². The molecule has 0 amide bonds. The molecule has 3 aromatic rings. The maximum absolute atomic E-state index is 5.95. The molecule has 0 aliphatic carbocycles. The van der Waals surface area contributed by atoms with Gasteiger partial charge in [-0.15, -0.1) is 0 Å². The van der Waals surface area contributed by atoms with E-state index in [2.05, 4.69) is 31.8 Å². The summed E-state index contributed by atoms with van der Waals surface area (Å²) in [6.07, 6.45) is 0. The van der Waals surface area contributed by atoms with Gasteiger partial charge in [0.15, 0.2) is 5.58 Å². The van der Waals surface area contributed by atoms with Crippen molar-refractivity contribution in [2.24, 2.45) is 0 Å². The van der Waals surface area contributed by atoms with E-state index in [1.54, 1.807) is 0 Å². The highest BCUT2D eigenvalue weighted by Crippen LogP contribution is 2.34. The molecule has 20 heavy (non-hydrogen) atoms. The number of nitrogen functional groups attached to an aromatic ring is 1. The van der Waals surface area contributed by atoms with Gasteiger partial charge in [-0.1, -0.05) is 45.0 Å². The van der Waals surface area contributed by atoms with Crippen LogP contribution in [0.1, 0.15) is 26.3 Å². The normalized spacial score (nSPS) is 11.9. The molecule has 2 N–H and O–H groups in total. The summed E-state index contributed by atoms with van der Waals surface area (Å²) in [4.78, 5) is 4.56. The highest BCUT2D eigenvalue weighted by molar-refractivity contribution is 5.87. The molecular weight excluding hydrogens is 248 g/mol. The Balaban J connectivity index is 2.24. The first-order valence-electron chi connectivity index (χ1n) is 6.72. The minimum absolute atomic E-state index is 0.0305. The van der Waals surface area contributed by atoms with E-state index < -0.39 is 0 Å². The number of anilines is 1. The SMILES string of the molecule is CC(C)(C)c1ccccc1-c1nc2c(N)cccc2o1. The van der Waals surface area contributed by atoms with E-state index in [4.69, 9.17) is 10.2 Å². The number of fused-ring (bicyclic) bond motifs is 1. The molecule has 0 saturated heterocycles. The molecule has 0 bridgehead atoms.